The van der Waals surface area contributed by atoms with Crippen molar-refractivity contribution in [1.29, 1.82) is 0 Å². The molecule has 0 aliphatic carbocycles. The normalized spacial score (nSPS) is 12.4. The molecule has 1 radical (unpaired) electrons. The number of nitrogens with two attached hydrogens (primary N) is 4. The summed E-state index contributed by atoms with van der Waals surface area (Å²) >= 11 is 0. The van der Waals surface area contributed by atoms with Crippen LogP contribution in [0.3, 0.4) is 0 Å². The third-order valence-corrected chi connectivity index (χ3v) is 2.57. The summed E-state index contributed by atoms with van der Waals surface area (Å²) in [4.78, 5) is 20.3. The third-order valence-electron chi connectivity index (χ3n) is 2.57. The van der Waals surface area contributed by atoms with E-state index in [1.807, 2.05) is 0 Å². The maximum atomic E-state index is 10.1. The number of unbranched alkanes of at least 4 members (excludes halogenated alkanes) is 2. The third kappa shape index (κ3) is 19.3. The van der Waals surface area contributed by atoms with E-state index in [2.05, 4.69) is 0 Å². The summed E-state index contributed by atoms with van der Waals surface area (Å²) in [6, 6.07) is -1.43. The molecule has 2 atom stereocenters. The first-order valence-corrected chi connectivity index (χ1v) is 6.73. The molecular weight excluding hydrogens is 323 g/mol. The standard InChI is InChI=1S/2C6H14N2O2.Co/c2*7-4-2-1-3-5(8)6(9)10;/h2*5H,1-4,7-8H2,(H,9,10);/t2*5-;/m00./s1. The van der Waals surface area contributed by atoms with E-state index < -0.39 is 24.0 Å². The van der Waals surface area contributed by atoms with Crippen molar-refractivity contribution in [2.45, 2.75) is 50.6 Å². The van der Waals surface area contributed by atoms with Gasteiger partial charge in [-0.2, -0.15) is 0 Å². The molecular formula is C12H28CoN4O4. The zero-order valence-corrected chi connectivity index (χ0v) is 13.2. The number of carboxylic acids is 2. The number of rotatable bonds is 10. The fourth-order valence-corrected chi connectivity index (χ4v) is 1.26. The maximum Gasteiger partial charge on any atom is 0.320 e. The van der Waals surface area contributed by atoms with Crippen molar-refractivity contribution in [2.24, 2.45) is 22.9 Å². The molecule has 0 unspecified atom stereocenters. The van der Waals surface area contributed by atoms with Crippen molar-refractivity contribution in [2.75, 3.05) is 13.1 Å². The van der Waals surface area contributed by atoms with E-state index in [1.54, 1.807) is 0 Å². The van der Waals surface area contributed by atoms with Crippen LogP contribution in [0.2, 0.25) is 0 Å². The zero-order chi connectivity index (χ0) is 16.0. The van der Waals surface area contributed by atoms with Gasteiger partial charge < -0.3 is 33.1 Å². The Morgan fingerprint density at radius 1 is 0.762 bits per heavy atom. The maximum absolute atomic E-state index is 10.1. The van der Waals surface area contributed by atoms with Crippen LogP contribution in [0.4, 0.5) is 0 Å². The summed E-state index contributed by atoms with van der Waals surface area (Å²) in [5.74, 6) is -1.87. The van der Waals surface area contributed by atoms with Gasteiger partial charge in [0.1, 0.15) is 12.1 Å². The van der Waals surface area contributed by atoms with Gasteiger partial charge in [-0.15, -0.1) is 0 Å². The quantitative estimate of drug-likeness (QED) is 0.273. The first-order chi connectivity index (χ1) is 9.36. The molecule has 0 aliphatic rings. The van der Waals surface area contributed by atoms with E-state index in [4.69, 9.17) is 33.1 Å². The molecule has 0 saturated carbocycles. The van der Waals surface area contributed by atoms with Gasteiger partial charge in [-0.1, -0.05) is 12.8 Å². The second kappa shape index (κ2) is 17.3. The number of hydrogen-bond acceptors (Lipinski definition) is 6. The minimum Gasteiger partial charge on any atom is -0.480 e. The number of carboxylic acid groups (broad SMARTS) is 2. The van der Waals surface area contributed by atoms with E-state index in [9.17, 15) is 9.59 Å². The van der Waals surface area contributed by atoms with Gasteiger partial charge in [-0.25, -0.2) is 0 Å². The molecule has 0 aromatic carbocycles. The molecule has 129 valence electrons. The molecule has 0 spiro atoms. The predicted molar refractivity (Wildman–Crippen MR) is 77.0 cm³/mol. The van der Waals surface area contributed by atoms with Gasteiger partial charge in [0, 0.05) is 16.8 Å². The average Bonchev–Trinajstić information content (AvgIpc) is 2.39. The Bertz CT molecular complexity index is 244. The van der Waals surface area contributed by atoms with Crippen molar-refractivity contribution in [1.82, 2.24) is 0 Å². The van der Waals surface area contributed by atoms with Gasteiger partial charge in [-0.3, -0.25) is 9.59 Å². The molecule has 0 aliphatic heterocycles. The Labute approximate surface area is 135 Å². The van der Waals surface area contributed by atoms with Gasteiger partial charge in [0.25, 0.3) is 0 Å². The van der Waals surface area contributed by atoms with E-state index in [0.29, 0.717) is 25.9 Å². The van der Waals surface area contributed by atoms with Gasteiger partial charge in [-0.05, 0) is 38.8 Å². The molecule has 0 saturated heterocycles. The first-order valence-electron chi connectivity index (χ1n) is 6.73. The topological polar surface area (TPSA) is 179 Å². The van der Waals surface area contributed by atoms with E-state index in [1.165, 1.54) is 0 Å². The number of aliphatic carboxylic acids is 2. The molecule has 0 heterocycles. The van der Waals surface area contributed by atoms with Crippen LogP contribution in [0.25, 0.3) is 0 Å². The molecule has 0 aromatic rings. The van der Waals surface area contributed by atoms with Crippen LogP contribution >= 0.6 is 0 Å². The number of hydrogen-bond donors (Lipinski definition) is 6. The smallest absolute Gasteiger partial charge is 0.320 e. The minimum absolute atomic E-state index is 0. The molecule has 9 heteroatoms. The first kappa shape index (κ1) is 25.3. The summed E-state index contributed by atoms with van der Waals surface area (Å²) in [5.41, 5.74) is 20.8. The summed E-state index contributed by atoms with van der Waals surface area (Å²) in [5, 5.41) is 16.7. The Morgan fingerprint density at radius 2 is 1.05 bits per heavy atom. The Balaban J connectivity index is -0.000000295. The Hall–Kier alpha value is -0.714. The average molecular weight is 351 g/mol. The van der Waals surface area contributed by atoms with Gasteiger partial charge in [0.2, 0.25) is 0 Å². The zero-order valence-electron chi connectivity index (χ0n) is 12.2. The Kier molecular flexibility index (Phi) is 20.8. The molecule has 8 nitrogen and oxygen atoms in total. The molecule has 0 amide bonds. The second-order valence-corrected chi connectivity index (χ2v) is 4.46. The summed E-state index contributed by atoms with van der Waals surface area (Å²) in [7, 11) is 0. The number of carbonyl (C=O) groups is 2. The second-order valence-electron chi connectivity index (χ2n) is 4.46. The van der Waals surface area contributed by atoms with Crippen molar-refractivity contribution >= 4 is 11.9 Å². The van der Waals surface area contributed by atoms with Crippen molar-refractivity contribution in [3.63, 3.8) is 0 Å². The Morgan fingerprint density at radius 3 is 1.24 bits per heavy atom. The SMILES string of the molecule is NCCCC[C@H](N)C(=O)O.NCCCC[C@H](N)C(=O)O.[Co]. The van der Waals surface area contributed by atoms with E-state index in [0.717, 1.165) is 25.7 Å². The van der Waals surface area contributed by atoms with Crippen LogP contribution in [0, 0.1) is 0 Å². The summed E-state index contributed by atoms with van der Waals surface area (Å²) < 4.78 is 0. The van der Waals surface area contributed by atoms with Crippen LogP contribution in [0.5, 0.6) is 0 Å². The molecule has 0 bridgehead atoms. The van der Waals surface area contributed by atoms with Gasteiger partial charge in [0.05, 0.1) is 0 Å². The van der Waals surface area contributed by atoms with Crippen molar-refractivity contribution < 1.29 is 36.6 Å². The molecule has 0 aromatic heterocycles. The summed E-state index contributed by atoms with van der Waals surface area (Å²) in [6.45, 7) is 1.21. The molecule has 0 rings (SSSR count). The van der Waals surface area contributed by atoms with Gasteiger partial charge >= 0.3 is 11.9 Å². The van der Waals surface area contributed by atoms with Crippen LogP contribution in [-0.4, -0.2) is 47.3 Å². The van der Waals surface area contributed by atoms with Crippen LogP contribution in [0.15, 0.2) is 0 Å². The largest absolute Gasteiger partial charge is 0.480 e. The molecule has 21 heavy (non-hydrogen) atoms. The van der Waals surface area contributed by atoms with Crippen LogP contribution in [-0.2, 0) is 26.4 Å². The van der Waals surface area contributed by atoms with E-state index >= 15 is 0 Å². The predicted octanol–water partition coefficient (Wildman–Crippen LogP) is -0.948. The monoisotopic (exact) mass is 351 g/mol. The van der Waals surface area contributed by atoms with Crippen molar-refractivity contribution in [3.8, 4) is 0 Å². The van der Waals surface area contributed by atoms with E-state index in [-0.39, 0.29) is 16.8 Å². The molecule has 0 fully saturated rings. The fourth-order valence-electron chi connectivity index (χ4n) is 1.26. The van der Waals surface area contributed by atoms with Gasteiger partial charge in [0.15, 0.2) is 0 Å². The summed E-state index contributed by atoms with van der Waals surface area (Å²) in [6.07, 6.45) is 4.33. The van der Waals surface area contributed by atoms with Crippen molar-refractivity contribution in [3.05, 3.63) is 0 Å². The fraction of sp³-hybridized carbons (Fsp3) is 0.833. The van der Waals surface area contributed by atoms with Crippen LogP contribution in [0.1, 0.15) is 38.5 Å². The van der Waals surface area contributed by atoms with Crippen LogP contribution < -0.4 is 22.9 Å². The molecule has 10 N–H and O–H groups in total. The minimum atomic E-state index is -0.933.